The summed E-state index contributed by atoms with van der Waals surface area (Å²) in [4.78, 5) is 26.2. The summed E-state index contributed by atoms with van der Waals surface area (Å²) in [6, 6.07) is -1.31. The summed E-state index contributed by atoms with van der Waals surface area (Å²) in [5, 5.41) is 2.81. The molecular weight excluding hydrogens is 228 g/mol. The Kier molecular flexibility index (Phi) is 4.39. The molecule has 1 N–H and O–H groups in total. The molecule has 1 aliphatic heterocycles. The summed E-state index contributed by atoms with van der Waals surface area (Å²) in [6.07, 6.45) is 5.42. The van der Waals surface area contributed by atoms with Crippen LogP contribution in [0.15, 0.2) is 0 Å². The van der Waals surface area contributed by atoms with Crippen molar-refractivity contribution in [3.8, 4) is 12.3 Å². The van der Waals surface area contributed by atoms with Gasteiger partial charge >= 0.3 is 0 Å². The van der Waals surface area contributed by atoms with Crippen LogP contribution in [0.2, 0.25) is 0 Å². The fraction of sp³-hybridized carbons (Fsp3) is 0.714. The summed E-state index contributed by atoms with van der Waals surface area (Å²) in [6.45, 7) is 9.45. The molecule has 0 aromatic rings. The van der Waals surface area contributed by atoms with E-state index in [1.54, 1.807) is 11.8 Å². The average Bonchev–Trinajstić information content (AvgIpc) is 2.29. The monoisotopic (exact) mass is 250 g/mol. The maximum atomic E-state index is 12.4. The quantitative estimate of drug-likeness (QED) is 0.760. The SMILES string of the molecule is C#CC(C)N1C(=O)C(C(C)C)NC(=O)C1C(C)C. The zero-order valence-electron chi connectivity index (χ0n) is 11.7. The van der Waals surface area contributed by atoms with E-state index in [1.807, 2.05) is 27.7 Å². The first kappa shape index (κ1) is 14.6. The molecule has 4 heteroatoms. The summed E-state index contributed by atoms with van der Waals surface area (Å²) < 4.78 is 0. The Bertz CT molecular complexity index is 382. The van der Waals surface area contributed by atoms with Crippen molar-refractivity contribution < 1.29 is 9.59 Å². The van der Waals surface area contributed by atoms with Gasteiger partial charge < -0.3 is 10.2 Å². The number of terminal acetylenes is 1. The molecule has 0 aromatic heterocycles. The molecule has 4 nitrogen and oxygen atoms in total. The highest BCUT2D eigenvalue weighted by Crippen LogP contribution is 2.22. The van der Waals surface area contributed by atoms with Gasteiger partial charge in [-0.05, 0) is 18.8 Å². The molecule has 0 saturated carbocycles. The lowest BCUT2D eigenvalue weighted by Gasteiger charge is -2.43. The Morgan fingerprint density at radius 2 is 1.72 bits per heavy atom. The van der Waals surface area contributed by atoms with Gasteiger partial charge in [-0.25, -0.2) is 0 Å². The number of hydrogen-bond donors (Lipinski definition) is 1. The molecule has 0 spiro atoms. The fourth-order valence-corrected chi connectivity index (χ4v) is 2.31. The van der Waals surface area contributed by atoms with Gasteiger partial charge in [-0.3, -0.25) is 9.59 Å². The molecule has 0 bridgehead atoms. The minimum Gasteiger partial charge on any atom is -0.342 e. The second-order valence-corrected chi connectivity index (χ2v) is 5.51. The van der Waals surface area contributed by atoms with Crippen molar-refractivity contribution in [3.05, 3.63) is 0 Å². The minimum absolute atomic E-state index is 0.0397. The number of piperazine rings is 1. The Morgan fingerprint density at radius 3 is 2.11 bits per heavy atom. The number of carbonyl (C=O) groups excluding carboxylic acids is 2. The van der Waals surface area contributed by atoms with Crippen LogP contribution in [0.5, 0.6) is 0 Å². The second kappa shape index (κ2) is 5.43. The molecule has 100 valence electrons. The van der Waals surface area contributed by atoms with Crippen LogP contribution in [0.1, 0.15) is 34.6 Å². The van der Waals surface area contributed by atoms with E-state index in [2.05, 4.69) is 11.2 Å². The van der Waals surface area contributed by atoms with Crippen molar-refractivity contribution in [1.29, 1.82) is 0 Å². The van der Waals surface area contributed by atoms with Crippen molar-refractivity contribution in [2.75, 3.05) is 0 Å². The maximum Gasteiger partial charge on any atom is 0.247 e. The van der Waals surface area contributed by atoms with Crippen LogP contribution in [0.25, 0.3) is 0 Å². The van der Waals surface area contributed by atoms with Gasteiger partial charge in [0.25, 0.3) is 0 Å². The lowest BCUT2D eigenvalue weighted by atomic mass is 9.91. The van der Waals surface area contributed by atoms with Gasteiger partial charge in [-0.15, -0.1) is 6.42 Å². The molecule has 0 radical (unpaired) electrons. The van der Waals surface area contributed by atoms with Crippen LogP contribution in [-0.2, 0) is 9.59 Å². The lowest BCUT2D eigenvalue weighted by molar-refractivity contribution is -0.153. The summed E-state index contributed by atoms with van der Waals surface area (Å²) >= 11 is 0. The highest BCUT2D eigenvalue weighted by atomic mass is 16.2. The van der Waals surface area contributed by atoms with Gasteiger partial charge in [0.15, 0.2) is 0 Å². The summed E-state index contributed by atoms with van der Waals surface area (Å²) in [5.74, 6) is 2.47. The third-order valence-corrected chi connectivity index (χ3v) is 3.34. The van der Waals surface area contributed by atoms with Crippen molar-refractivity contribution in [2.45, 2.75) is 52.7 Å². The van der Waals surface area contributed by atoms with Crippen molar-refractivity contribution in [1.82, 2.24) is 10.2 Å². The van der Waals surface area contributed by atoms with Crippen molar-refractivity contribution >= 4 is 11.8 Å². The zero-order chi connectivity index (χ0) is 14.0. The number of nitrogens with zero attached hydrogens (tertiary/aromatic N) is 1. The van der Waals surface area contributed by atoms with E-state index in [4.69, 9.17) is 6.42 Å². The van der Waals surface area contributed by atoms with Crippen LogP contribution in [0.4, 0.5) is 0 Å². The van der Waals surface area contributed by atoms with Crippen LogP contribution in [0.3, 0.4) is 0 Å². The van der Waals surface area contributed by atoms with E-state index in [0.29, 0.717) is 0 Å². The zero-order valence-corrected chi connectivity index (χ0v) is 11.7. The smallest absolute Gasteiger partial charge is 0.247 e. The number of hydrogen-bond acceptors (Lipinski definition) is 2. The van der Waals surface area contributed by atoms with Gasteiger partial charge in [0.1, 0.15) is 12.1 Å². The molecule has 1 heterocycles. The number of rotatable bonds is 3. The standard InChI is InChI=1S/C14H22N2O2/c1-7-10(6)16-12(9(4)5)13(17)15-11(8(2)3)14(16)18/h1,8-12H,2-6H3,(H,15,17). The van der Waals surface area contributed by atoms with E-state index in [9.17, 15) is 9.59 Å². The van der Waals surface area contributed by atoms with Crippen molar-refractivity contribution in [3.63, 3.8) is 0 Å². The number of nitrogens with one attached hydrogen (secondary N) is 1. The van der Waals surface area contributed by atoms with Gasteiger partial charge in [0, 0.05) is 0 Å². The van der Waals surface area contributed by atoms with Crippen LogP contribution < -0.4 is 5.32 Å². The summed E-state index contributed by atoms with van der Waals surface area (Å²) in [5.41, 5.74) is 0. The Balaban J connectivity index is 3.13. The van der Waals surface area contributed by atoms with Crippen LogP contribution >= 0.6 is 0 Å². The van der Waals surface area contributed by atoms with E-state index < -0.39 is 12.1 Å². The molecule has 1 rings (SSSR count). The number of amides is 2. The maximum absolute atomic E-state index is 12.4. The van der Waals surface area contributed by atoms with E-state index >= 15 is 0 Å². The second-order valence-electron chi connectivity index (χ2n) is 5.51. The predicted octanol–water partition coefficient (Wildman–Crippen LogP) is 1.02. The van der Waals surface area contributed by atoms with E-state index in [-0.39, 0.29) is 29.7 Å². The molecule has 0 aromatic carbocycles. The van der Waals surface area contributed by atoms with Crippen LogP contribution in [0, 0.1) is 24.2 Å². The molecular formula is C14H22N2O2. The normalized spacial score (nSPS) is 26.2. The van der Waals surface area contributed by atoms with Crippen LogP contribution in [-0.4, -0.2) is 34.8 Å². The molecule has 3 atom stereocenters. The van der Waals surface area contributed by atoms with Gasteiger partial charge in [-0.2, -0.15) is 0 Å². The first-order valence-corrected chi connectivity index (χ1v) is 6.40. The fourth-order valence-electron chi connectivity index (χ4n) is 2.31. The first-order valence-electron chi connectivity index (χ1n) is 6.40. The van der Waals surface area contributed by atoms with E-state index in [0.717, 1.165) is 0 Å². The molecule has 0 aliphatic carbocycles. The van der Waals surface area contributed by atoms with Gasteiger partial charge in [0.2, 0.25) is 11.8 Å². The van der Waals surface area contributed by atoms with Gasteiger partial charge in [-0.1, -0.05) is 33.6 Å². The molecule has 2 amide bonds. The topological polar surface area (TPSA) is 49.4 Å². The average molecular weight is 250 g/mol. The predicted molar refractivity (Wildman–Crippen MR) is 70.5 cm³/mol. The first-order chi connectivity index (χ1) is 8.31. The Hall–Kier alpha value is -1.50. The largest absolute Gasteiger partial charge is 0.342 e. The third kappa shape index (κ3) is 2.50. The Labute approximate surface area is 109 Å². The lowest BCUT2D eigenvalue weighted by Crippen LogP contribution is -2.67. The summed E-state index contributed by atoms with van der Waals surface area (Å²) in [7, 11) is 0. The highest BCUT2D eigenvalue weighted by molar-refractivity contribution is 5.97. The highest BCUT2D eigenvalue weighted by Gasteiger charge is 2.44. The molecule has 1 aliphatic rings. The molecule has 18 heavy (non-hydrogen) atoms. The van der Waals surface area contributed by atoms with E-state index in [1.165, 1.54) is 0 Å². The number of carbonyl (C=O) groups is 2. The molecule has 1 saturated heterocycles. The molecule has 3 unspecified atom stereocenters. The third-order valence-electron chi connectivity index (χ3n) is 3.34. The van der Waals surface area contributed by atoms with Crippen molar-refractivity contribution in [2.24, 2.45) is 11.8 Å². The Morgan fingerprint density at radius 1 is 1.17 bits per heavy atom. The van der Waals surface area contributed by atoms with Gasteiger partial charge in [0.05, 0.1) is 6.04 Å². The molecule has 1 fully saturated rings. The minimum atomic E-state index is -0.474.